The van der Waals surface area contributed by atoms with Crippen molar-refractivity contribution in [2.45, 2.75) is 51.0 Å². The summed E-state index contributed by atoms with van der Waals surface area (Å²) in [4.78, 5) is 19.0. The molecule has 4 nitrogen and oxygen atoms in total. The predicted molar refractivity (Wildman–Crippen MR) is 76.8 cm³/mol. The number of aromatic nitrogens is 1. The Morgan fingerprint density at radius 3 is 2.65 bits per heavy atom. The molecule has 0 spiro atoms. The predicted octanol–water partition coefficient (Wildman–Crippen LogP) is 2.29. The minimum absolute atomic E-state index is 0.0350. The van der Waals surface area contributed by atoms with Gasteiger partial charge in [0, 0.05) is 36.0 Å². The molecule has 2 heterocycles. The Morgan fingerprint density at radius 1 is 1.35 bits per heavy atom. The standard InChI is InChI=1S/C16H22N2O2/c1-10(2)14-7-12(8-15(17-14)11-3-4-11)16(20)18-6-5-13(19)9-18/h7-8,10-11,13,19H,3-6,9H2,1-2H3. The van der Waals surface area contributed by atoms with Crippen molar-refractivity contribution in [1.82, 2.24) is 9.88 Å². The zero-order valence-corrected chi connectivity index (χ0v) is 12.2. The van der Waals surface area contributed by atoms with Gasteiger partial charge in [0.05, 0.1) is 6.10 Å². The van der Waals surface area contributed by atoms with Crippen LogP contribution in [0.3, 0.4) is 0 Å². The zero-order valence-electron chi connectivity index (χ0n) is 12.2. The molecule has 1 aromatic heterocycles. The normalized spacial score (nSPS) is 22.6. The number of nitrogens with zero attached hydrogens (tertiary/aromatic N) is 2. The smallest absolute Gasteiger partial charge is 0.254 e. The molecule has 0 aromatic carbocycles. The van der Waals surface area contributed by atoms with Gasteiger partial charge in [-0.25, -0.2) is 0 Å². The summed E-state index contributed by atoms with van der Waals surface area (Å²) < 4.78 is 0. The van der Waals surface area contributed by atoms with Crippen LogP contribution in [-0.2, 0) is 0 Å². The number of rotatable bonds is 3. The molecular weight excluding hydrogens is 252 g/mol. The van der Waals surface area contributed by atoms with Crippen LogP contribution < -0.4 is 0 Å². The van der Waals surface area contributed by atoms with Crippen molar-refractivity contribution in [3.05, 3.63) is 29.1 Å². The molecule has 1 aliphatic heterocycles. The fourth-order valence-corrected chi connectivity index (χ4v) is 2.69. The molecular formula is C16H22N2O2. The van der Waals surface area contributed by atoms with Crippen molar-refractivity contribution in [2.24, 2.45) is 0 Å². The van der Waals surface area contributed by atoms with Crippen LogP contribution in [0.5, 0.6) is 0 Å². The summed E-state index contributed by atoms with van der Waals surface area (Å²) in [6.07, 6.45) is 2.69. The maximum absolute atomic E-state index is 12.5. The van der Waals surface area contributed by atoms with Crippen LogP contribution in [0, 0.1) is 0 Å². The van der Waals surface area contributed by atoms with E-state index in [1.807, 2.05) is 12.1 Å². The molecule has 0 bridgehead atoms. The molecule has 1 N–H and O–H groups in total. The molecule has 0 radical (unpaired) electrons. The van der Waals surface area contributed by atoms with E-state index in [0.29, 0.717) is 31.3 Å². The largest absolute Gasteiger partial charge is 0.391 e. The fourth-order valence-electron chi connectivity index (χ4n) is 2.69. The van der Waals surface area contributed by atoms with E-state index < -0.39 is 0 Å². The molecule has 2 aliphatic rings. The molecule has 1 aliphatic carbocycles. The van der Waals surface area contributed by atoms with E-state index in [0.717, 1.165) is 17.0 Å². The van der Waals surface area contributed by atoms with Gasteiger partial charge in [-0.2, -0.15) is 0 Å². The Morgan fingerprint density at radius 2 is 2.10 bits per heavy atom. The van der Waals surface area contributed by atoms with Gasteiger partial charge in [0.15, 0.2) is 0 Å². The van der Waals surface area contributed by atoms with Crippen LogP contribution in [0.25, 0.3) is 0 Å². The quantitative estimate of drug-likeness (QED) is 0.920. The lowest BCUT2D eigenvalue weighted by Gasteiger charge is -2.17. The Kier molecular flexibility index (Phi) is 3.50. The van der Waals surface area contributed by atoms with Crippen molar-refractivity contribution in [2.75, 3.05) is 13.1 Å². The van der Waals surface area contributed by atoms with Crippen molar-refractivity contribution in [1.29, 1.82) is 0 Å². The maximum Gasteiger partial charge on any atom is 0.254 e. The average molecular weight is 274 g/mol. The van der Waals surface area contributed by atoms with Crippen LogP contribution in [0.15, 0.2) is 12.1 Å². The van der Waals surface area contributed by atoms with Gasteiger partial charge >= 0.3 is 0 Å². The van der Waals surface area contributed by atoms with Gasteiger partial charge in [-0.05, 0) is 37.3 Å². The Bertz CT molecular complexity index is 503. The van der Waals surface area contributed by atoms with E-state index in [1.54, 1.807) is 4.90 Å². The van der Waals surface area contributed by atoms with Crippen LogP contribution in [0.2, 0.25) is 0 Å². The SMILES string of the molecule is CC(C)c1cc(C(=O)N2CCC(O)C2)cc(C2CC2)n1. The summed E-state index contributed by atoms with van der Waals surface area (Å²) in [6, 6.07) is 3.88. The van der Waals surface area contributed by atoms with Crippen molar-refractivity contribution >= 4 is 5.91 Å². The maximum atomic E-state index is 12.5. The number of aliphatic hydroxyl groups is 1. The molecule has 1 amide bonds. The third-order valence-corrected chi connectivity index (χ3v) is 4.15. The molecule has 1 atom stereocenters. The second kappa shape index (κ2) is 5.17. The second-order valence-corrected chi connectivity index (χ2v) is 6.33. The molecule has 3 rings (SSSR count). The van der Waals surface area contributed by atoms with Gasteiger partial charge in [-0.15, -0.1) is 0 Å². The molecule has 1 saturated heterocycles. The van der Waals surface area contributed by atoms with Crippen LogP contribution in [-0.4, -0.2) is 40.1 Å². The zero-order chi connectivity index (χ0) is 14.3. The first-order valence-corrected chi connectivity index (χ1v) is 7.54. The lowest BCUT2D eigenvalue weighted by Crippen LogP contribution is -2.29. The number of carbonyl (C=O) groups excluding carboxylic acids is 1. The number of likely N-dealkylation sites (tertiary alicyclic amines) is 1. The number of β-amino-alcohol motifs (C(OH)–C–C–N with tert-alkyl or cyclic N) is 1. The number of pyridine rings is 1. The summed E-state index contributed by atoms with van der Waals surface area (Å²) in [5, 5.41) is 9.58. The average Bonchev–Trinajstić information content (AvgIpc) is 3.19. The lowest BCUT2D eigenvalue weighted by molar-refractivity contribution is 0.0764. The minimum atomic E-state index is -0.367. The summed E-state index contributed by atoms with van der Waals surface area (Å²) in [7, 11) is 0. The van der Waals surface area contributed by atoms with E-state index >= 15 is 0 Å². The molecule has 1 saturated carbocycles. The van der Waals surface area contributed by atoms with Crippen LogP contribution >= 0.6 is 0 Å². The first-order valence-electron chi connectivity index (χ1n) is 7.54. The topological polar surface area (TPSA) is 53.4 Å². The second-order valence-electron chi connectivity index (χ2n) is 6.33. The van der Waals surface area contributed by atoms with Gasteiger partial charge in [0.2, 0.25) is 0 Å². The van der Waals surface area contributed by atoms with E-state index in [4.69, 9.17) is 4.98 Å². The number of hydrogen-bond donors (Lipinski definition) is 1. The Labute approximate surface area is 119 Å². The first-order chi connectivity index (χ1) is 9.54. The van der Waals surface area contributed by atoms with Gasteiger partial charge in [0.25, 0.3) is 5.91 Å². The van der Waals surface area contributed by atoms with E-state index in [-0.39, 0.29) is 12.0 Å². The molecule has 4 heteroatoms. The van der Waals surface area contributed by atoms with E-state index in [2.05, 4.69) is 13.8 Å². The fraction of sp³-hybridized carbons (Fsp3) is 0.625. The molecule has 1 unspecified atom stereocenters. The van der Waals surface area contributed by atoms with Crippen LogP contribution in [0.4, 0.5) is 0 Å². The summed E-state index contributed by atoms with van der Waals surface area (Å²) in [5.41, 5.74) is 2.80. The lowest BCUT2D eigenvalue weighted by atomic mass is 10.0. The third kappa shape index (κ3) is 2.70. The third-order valence-electron chi connectivity index (χ3n) is 4.15. The number of carbonyl (C=O) groups is 1. The number of hydrogen-bond acceptors (Lipinski definition) is 3. The molecule has 108 valence electrons. The summed E-state index contributed by atoms with van der Waals surface area (Å²) in [5.74, 6) is 0.904. The minimum Gasteiger partial charge on any atom is -0.391 e. The monoisotopic (exact) mass is 274 g/mol. The molecule has 1 aromatic rings. The van der Waals surface area contributed by atoms with Crippen molar-refractivity contribution in [3.8, 4) is 0 Å². The highest BCUT2D eigenvalue weighted by molar-refractivity contribution is 5.94. The Balaban J connectivity index is 1.89. The van der Waals surface area contributed by atoms with E-state index in [9.17, 15) is 9.90 Å². The van der Waals surface area contributed by atoms with Crippen molar-refractivity contribution in [3.63, 3.8) is 0 Å². The van der Waals surface area contributed by atoms with Gasteiger partial charge in [-0.3, -0.25) is 9.78 Å². The highest BCUT2D eigenvalue weighted by Gasteiger charge is 2.29. The van der Waals surface area contributed by atoms with Gasteiger partial charge in [0.1, 0.15) is 0 Å². The van der Waals surface area contributed by atoms with Gasteiger partial charge in [-0.1, -0.05) is 13.8 Å². The first kappa shape index (κ1) is 13.6. The summed E-state index contributed by atoms with van der Waals surface area (Å²) in [6.45, 7) is 5.31. The molecule has 20 heavy (non-hydrogen) atoms. The van der Waals surface area contributed by atoms with Crippen molar-refractivity contribution < 1.29 is 9.90 Å². The highest BCUT2D eigenvalue weighted by Crippen LogP contribution is 2.39. The number of aliphatic hydroxyl groups excluding tert-OH is 1. The van der Waals surface area contributed by atoms with Gasteiger partial charge < -0.3 is 10.0 Å². The molecule has 2 fully saturated rings. The Hall–Kier alpha value is -1.42. The number of amides is 1. The summed E-state index contributed by atoms with van der Waals surface area (Å²) >= 11 is 0. The highest BCUT2D eigenvalue weighted by atomic mass is 16.3. The van der Waals surface area contributed by atoms with Crippen LogP contribution in [0.1, 0.15) is 66.7 Å². The van der Waals surface area contributed by atoms with E-state index in [1.165, 1.54) is 12.8 Å².